The van der Waals surface area contributed by atoms with Crippen molar-refractivity contribution in [3.05, 3.63) is 0 Å². The molecule has 0 spiro atoms. The molecule has 0 aromatic carbocycles. The van der Waals surface area contributed by atoms with Crippen molar-refractivity contribution >= 4 is 0 Å². The van der Waals surface area contributed by atoms with Crippen LogP contribution in [0.15, 0.2) is 0 Å². The molecule has 2 heterocycles. The lowest BCUT2D eigenvalue weighted by Gasteiger charge is -2.17. The van der Waals surface area contributed by atoms with Crippen LogP contribution in [0.3, 0.4) is 0 Å². The standard InChI is InChI=1S/C6H11NO2/c7-6-3-8-1-5(6)2-9-4-6/h5H,1-4,7H2. The lowest BCUT2D eigenvalue weighted by molar-refractivity contribution is 0.102. The van der Waals surface area contributed by atoms with Crippen molar-refractivity contribution in [2.45, 2.75) is 5.54 Å². The Kier molecular flexibility index (Phi) is 1.06. The van der Waals surface area contributed by atoms with Gasteiger partial charge >= 0.3 is 0 Å². The largest absolute Gasteiger partial charge is 0.379 e. The second-order valence-corrected chi connectivity index (χ2v) is 2.96. The summed E-state index contributed by atoms with van der Waals surface area (Å²) in [5.74, 6) is 0.456. The lowest BCUT2D eigenvalue weighted by Crippen LogP contribution is -2.46. The van der Waals surface area contributed by atoms with Gasteiger partial charge < -0.3 is 15.2 Å². The molecule has 2 rings (SSSR count). The monoisotopic (exact) mass is 129 g/mol. The van der Waals surface area contributed by atoms with Crippen LogP contribution in [0, 0.1) is 5.92 Å². The van der Waals surface area contributed by atoms with Crippen LogP contribution in [-0.2, 0) is 9.47 Å². The summed E-state index contributed by atoms with van der Waals surface area (Å²) in [5.41, 5.74) is 5.78. The highest BCUT2D eigenvalue weighted by Gasteiger charge is 2.45. The van der Waals surface area contributed by atoms with Gasteiger partial charge in [-0.2, -0.15) is 0 Å². The fourth-order valence-corrected chi connectivity index (χ4v) is 1.44. The molecule has 9 heavy (non-hydrogen) atoms. The van der Waals surface area contributed by atoms with Gasteiger partial charge in [-0.15, -0.1) is 0 Å². The quantitative estimate of drug-likeness (QED) is 0.473. The van der Waals surface area contributed by atoms with Crippen LogP contribution in [0.5, 0.6) is 0 Å². The highest BCUT2D eigenvalue weighted by Crippen LogP contribution is 2.28. The molecule has 2 fully saturated rings. The normalized spacial score (nSPS) is 49.7. The Balaban J connectivity index is 2.17. The van der Waals surface area contributed by atoms with Crippen LogP contribution in [0.1, 0.15) is 0 Å². The fraction of sp³-hybridized carbons (Fsp3) is 1.00. The van der Waals surface area contributed by atoms with Crippen LogP contribution < -0.4 is 5.73 Å². The van der Waals surface area contributed by atoms with Crippen LogP contribution in [0.25, 0.3) is 0 Å². The third-order valence-corrected chi connectivity index (χ3v) is 2.19. The highest BCUT2D eigenvalue weighted by molar-refractivity contribution is 4.98. The molecule has 0 amide bonds. The summed E-state index contributed by atoms with van der Waals surface area (Å²) in [6, 6.07) is 0. The molecule has 52 valence electrons. The maximum Gasteiger partial charge on any atom is 0.0701 e. The van der Waals surface area contributed by atoms with E-state index in [0.29, 0.717) is 19.1 Å². The number of rotatable bonds is 0. The minimum Gasteiger partial charge on any atom is -0.379 e. The van der Waals surface area contributed by atoms with Crippen molar-refractivity contribution in [3.8, 4) is 0 Å². The summed E-state index contributed by atoms with van der Waals surface area (Å²) < 4.78 is 10.4. The molecule has 3 nitrogen and oxygen atoms in total. The molecular formula is C6H11NO2. The average molecular weight is 129 g/mol. The van der Waals surface area contributed by atoms with E-state index in [9.17, 15) is 0 Å². The van der Waals surface area contributed by atoms with Gasteiger partial charge in [-0.3, -0.25) is 0 Å². The Morgan fingerprint density at radius 2 is 1.78 bits per heavy atom. The van der Waals surface area contributed by atoms with Crippen molar-refractivity contribution in [1.82, 2.24) is 0 Å². The molecule has 0 bridgehead atoms. The molecule has 0 aromatic heterocycles. The second-order valence-electron chi connectivity index (χ2n) is 2.96. The van der Waals surface area contributed by atoms with E-state index in [-0.39, 0.29) is 5.54 Å². The number of fused-ring (bicyclic) bond motifs is 1. The van der Waals surface area contributed by atoms with Gasteiger partial charge in [-0.05, 0) is 0 Å². The zero-order valence-corrected chi connectivity index (χ0v) is 5.30. The van der Waals surface area contributed by atoms with Gasteiger partial charge in [0, 0.05) is 5.92 Å². The van der Waals surface area contributed by atoms with E-state index in [4.69, 9.17) is 15.2 Å². The van der Waals surface area contributed by atoms with Gasteiger partial charge in [0.2, 0.25) is 0 Å². The molecule has 2 aliphatic rings. The Morgan fingerprint density at radius 3 is 2.22 bits per heavy atom. The van der Waals surface area contributed by atoms with E-state index in [0.717, 1.165) is 13.2 Å². The first kappa shape index (κ1) is 5.65. The Bertz CT molecular complexity index is 116. The van der Waals surface area contributed by atoms with Gasteiger partial charge in [-0.25, -0.2) is 0 Å². The molecule has 2 N–H and O–H groups in total. The molecule has 0 aliphatic carbocycles. The van der Waals surface area contributed by atoms with Crippen molar-refractivity contribution in [1.29, 1.82) is 0 Å². The molecule has 0 atom stereocenters. The molecule has 2 saturated heterocycles. The van der Waals surface area contributed by atoms with Crippen molar-refractivity contribution in [3.63, 3.8) is 0 Å². The predicted octanol–water partition coefficient (Wildman–Crippen LogP) is -0.640. The summed E-state index contributed by atoms with van der Waals surface area (Å²) in [7, 11) is 0. The minimum absolute atomic E-state index is 0.139. The Hall–Kier alpha value is -0.120. The van der Waals surface area contributed by atoms with Crippen LogP contribution in [0.2, 0.25) is 0 Å². The number of hydrogen-bond donors (Lipinski definition) is 1. The molecule has 0 aromatic rings. The summed E-state index contributed by atoms with van der Waals surface area (Å²) in [4.78, 5) is 0. The summed E-state index contributed by atoms with van der Waals surface area (Å²) >= 11 is 0. The van der Waals surface area contributed by atoms with Crippen LogP contribution >= 0.6 is 0 Å². The smallest absolute Gasteiger partial charge is 0.0701 e. The van der Waals surface area contributed by atoms with E-state index >= 15 is 0 Å². The number of nitrogens with two attached hydrogens (primary N) is 1. The third kappa shape index (κ3) is 0.689. The Labute approximate surface area is 54.1 Å². The van der Waals surface area contributed by atoms with Crippen LogP contribution in [0.4, 0.5) is 0 Å². The molecule has 0 saturated carbocycles. The molecule has 3 heteroatoms. The maximum atomic E-state index is 5.91. The number of hydrogen-bond acceptors (Lipinski definition) is 3. The van der Waals surface area contributed by atoms with Gasteiger partial charge in [0.15, 0.2) is 0 Å². The van der Waals surface area contributed by atoms with Gasteiger partial charge in [0.1, 0.15) is 0 Å². The van der Waals surface area contributed by atoms with E-state index in [1.807, 2.05) is 0 Å². The summed E-state index contributed by atoms with van der Waals surface area (Å²) in [5, 5.41) is 0. The third-order valence-electron chi connectivity index (χ3n) is 2.19. The average Bonchev–Trinajstić information content (AvgIpc) is 2.22. The van der Waals surface area contributed by atoms with Crippen LogP contribution in [-0.4, -0.2) is 32.0 Å². The zero-order chi connectivity index (χ0) is 6.32. The first-order valence-electron chi connectivity index (χ1n) is 3.26. The molecule has 0 radical (unpaired) electrons. The first-order chi connectivity index (χ1) is 4.31. The van der Waals surface area contributed by atoms with E-state index in [1.54, 1.807) is 0 Å². The van der Waals surface area contributed by atoms with E-state index in [1.165, 1.54) is 0 Å². The van der Waals surface area contributed by atoms with Crippen molar-refractivity contribution in [2.75, 3.05) is 26.4 Å². The lowest BCUT2D eigenvalue weighted by atomic mass is 9.92. The topological polar surface area (TPSA) is 44.5 Å². The van der Waals surface area contributed by atoms with Crippen molar-refractivity contribution in [2.24, 2.45) is 11.7 Å². The Morgan fingerprint density at radius 1 is 1.22 bits per heavy atom. The summed E-state index contributed by atoms with van der Waals surface area (Å²) in [6.07, 6.45) is 0. The fourth-order valence-electron chi connectivity index (χ4n) is 1.44. The van der Waals surface area contributed by atoms with E-state index in [2.05, 4.69) is 0 Å². The number of ether oxygens (including phenoxy) is 2. The molecule has 0 unspecified atom stereocenters. The van der Waals surface area contributed by atoms with Gasteiger partial charge in [0.05, 0.1) is 32.0 Å². The maximum absolute atomic E-state index is 5.91. The van der Waals surface area contributed by atoms with Gasteiger partial charge in [-0.1, -0.05) is 0 Å². The van der Waals surface area contributed by atoms with E-state index < -0.39 is 0 Å². The SMILES string of the molecule is NC12COCC1COC2. The second kappa shape index (κ2) is 1.68. The minimum atomic E-state index is -0.139. The van der Waals surface area contributed by atoms with Crippen molar-refractivity contribution < 1.29 is 9.47 Å². The first-order valence-corrected chi connectivity index (χ1v) is 3.26. The zero-order valence-electron chi connectivity index (χ0n) is 5.30. The highest BCUT2D eigenvalue weighted by atomic mass is 16.5. The molecular weight excluding hydrogens is 118 g/mol. The van der Waals surface area contributed by atoms with Gasteiger partial charge in [0.25, 0.3) is 0 Å². The predicted molar refractivity (Wildman–Crippen MR) is 32.0 cm³/mol. The summed E-state index contributed by atoms with van der Waals surface area (Å²) in [6.45, 7) is 2.93. The molecule has 2 aliphatic heterocycles.